The Hall–Kier alpha value is -3.94. The third kappa shape index (κ3) is 2.93. The van der Waals surface area contributed by atoms with E-state index < -0.39 is 0 Å². The van der Waals surface area contributed by atoms with Gasteiger partial charge >= 0.3 is 0 Å². The second kappa shape index (κ2) is 7.14. The minimum atomic E-state index is -0.292. The van der Waals surface area contributed by atoms with Gasteiger partial charge in [0, 0.05) is 7.05 Å². The van der Waals surface area contributed by atoms with Crippen LogP contribution < -0.4 is 15.2 Å². The number of rotatable bonds is 3. The summed E-state index contributed by atoms with van der Waals surface area (Å²) >= 11 is 0. The lowest BCUT2D eigenvalue weighted by Gasteiger charge is -2.37. The summed E-state index contributed by atoms with van der Waals surface area (Å²) in [7, 11) is 1.72. The Morgan fingerprint density at radius 3 is 2.73 bits per heavy atom. The average Bonchev–Trinajstić information content (AvgIpc) is 3.16. The van der Waals surface area contributed by atoms with Crippen molar-refractivity contribution in [2.45, 2.75) is 12.6 Å². The molecule has 2 aromatic carbocycles. The highest BCUT2D eigenvalue weighted by atomic mass is 16.5. The summed E-state index contributed by atoms with van der Waals surface area (Å²) in [6.07, 6.45) is 2.87. The quantitative estimate of drug-likeness (QED) is 0.526. The smallest absolute Gasteiger partial charge is 0.264 e. The molecule has 1 aliphatic rings. The van der Waals surface area contributed by atoms with E-state index in [4.69, 9.17) is 4.74 Å². The fourth-order valence-electron chi connectivity index (χ4n) is 3.82. The molecule has 4 aromatic rings. The summed E-state index contributed by atoms with van der Waals surface area (Å²) < 4.78 is 8.78. The van der Waals surface area contributed by atoms with Gasteiger partial charge in [0.1, 0.15) is 30.6 Å². The standard InChI is InChI=1S/C22H19N5O3/c1-25-21-16(11-24-25)22(29)26(14-23-21)12-20(28)27-17-9-5-6-10-19(17)30-13-18(27)15-7-3-2-4-8-15/h2-11,14,18H,12-13H2,1H3. The van der Waals surface area contributed by atoms with Crippen LogP contribution in [0.15, 0.2) is 71.9 Å². The number of carbonyl (C=O) groups is 1. The lowest BCUT2D eigenvalue weighted by molar-refractivity contribution is -0.120. The molecule has 0 radical (unpaired) electrons. The molecule has 8 nitrogen and oxygen atoms in total. The summed E-state index contributed by atoms with van der Waals surface area (Å²) in [4.78, 5) is 32.3. The van der Waals surface area contributed by atoms with Gasteiger partial charge in [0.05, 0.1) is 17.9 Å². The van der Waals surface area contributed by atoms with Crippen molar-refractivity contribution in [3.05, 3.63) is 83.0 Å². The van der Waals surface area contributed by atoms with Gasteiger partial charge in [-0.3, -0.25) is 23.7 Å². The summed E-state index contributed by atoms with van der Waals surface area (Å²) in [5, 5.41) is 4.46. The minimum Gasteiger partial charge on any atom is -0.489 e. The number of aryl methyl sites for hydroxylation is 1. The van der Waals surface area contributed by atoms with Gasteiger partial charge in [-0.25, -0.2) is 4.98 Å². The largest absolute Gasteiger partial charge is 0.489 e. The third-order valence-corrected chi connectivity index (χ3v) is 5.31. The van der Waals surface area contributed by atoms with Crippen LogP contribution in [-0.2, 0) is 18.4 Å². The van der Waals surface area contributed by atoms with E-state index in [1.54, 1.807) is 11.9 Å². The number of fused-ring (bicyclic) bond motifs is 2. The molecule has 1 aliphatic heterocycles. The van der Waals surface area contributed by atoms with Crippen LogP contribution in [0.4, 0.5) is 5.69 Å². The monoisotopic (exact) mass is 401 g/mol. The van der Waals surface area contributed by atoms with Gasteiger partial charge in [-0.05, 0) is 17.7 Å². The number of carbonyl (C=O) groups excluding carboxylic acids is 1. The number of ether oxygens (including phenoxy) is 1. The first kappa shape index (κ1) is 18.1. The fraction of sp³-hybridized carbons (Fsp3) is 0.182. The zero-order chi connectivity index (χ0) is 20.7. The Morgan fingerprint density at radius 1 is 1.13 bits per heavy atom. The number of aromatic nitrogens is 4. The molecule has 0 spiro atoms. The lowest BCUT2D eigenvalue weighted by atomic mass is 10.0. The number of nitrogens with zero attached hydrogens (tertiary/aromatic N) is 5. The van der Waals surface area contributed by atoms with Crippen molar-refractivity contribution in [1.82, 2.24) is 19.3 Å². The van der Waals surface area contributed by atoms with Crippen LogP contribution in [0, 0.1) is 0 Å². The molecule has 2 aromatic heterocycles. The van der Waals surface area contributed by atoms with Crippen LogP contribution >= 0.6 is 0 Å². The maximum atomic E-state index is 13.5. The topological polar surface area (TPSA) is 82.2 Å². The predicted molar refractivity (Wildman–Crippen MR) is 111 cm³/mol. The molecule has 0 aliphatic carbocycles. The van der Waals surface area contributed by atoms with E-state index >= 15 is 0 Å². The van der Waals surface area contributed by atoms with Gasteiger partial charge in [-0.15, -0.1) is 0 Å². The third-order valence-electron chi connectivity index (χ3n) is 5.31. The molecule has 150 valence electrons. The van der Waals surface area contributed by atoms with Crippen LogP contribution in [0.1, 0.15) is 11.6 Å². The highest BCUT2D eigenvalue weighted by Crippen LogP contribution is 2.39. The Bertz CT molecular complexity index is 1300. The first-order chi connectivity index (χ1) is 14.6. The van der Waals surface area contributed by atoms with Crippen LogP contribution in [0.5, 0.6) is 5.75 Å². The van der Waals surface area contributed by atoms with Crippen molar-refractivity contribution in [1.29, 1.82) is 0 Å². The Balaban J connectivity index is 1.55. The van der Waals surface area contributed by atoms with Gasteiger partial charge in [0.2, 0.25) is 5.91 Å². The number of benzene rings is 2. The molecule has 3 heterocycles. The molecule has 0 saturated heterocycles. The first-order valence-electron chi connectivity index (χ1n) is 9.59. The molecule has 5 rings (SSSR count). The van der Waals surface area contributed by atoms with Crippen molar-refractivity contribution >= 4 is 22.6 Å². The molecule has 0 bridgehead atoms. The second-order valence-electron chi connectivity index (χ2n) is 7.15. The molecule has 8 heteroatoms. The van der Waals surface area contributed by atoms with Gasteiger partial charge in [0.25, 0.3) is 5.56 Å². The fourth-order valence-corrected chi connectivity index (χ4v) is 3.82. The predicted octanol–water partition coefficient (Wildman–Crippen LogP) is 2.30. The summed E-state index contributed by atoms with van der Waals surface area (Å²) in [6.45, 7) is 0.204. The zero-order valence-electron chi connectivity index (χ0n) is 16.3. The van der Waals surface area contributed by atoms with E-state index in [0.29, 0.717) is 29.1 Å². The first-order valence-corrected chi connectivity index (χ1v) is 9.59. The van der Waals surface area contributed by atoms with Crippen molar-refractivity contribution < 1.29 is 9.53 Å². The molecule has 0 saturated carbocycles. The molecular formula is C22H19N5O3. The van der Waals surface area contributed by atoms with Gasteiger partial charge in [-0.2, -0.15) is 5.10 Å². The number of hydrogen-bond acceptors (Lipinski definition) is 5. The Morgan fingerprint density at radius 2 is 1.90 bits per heavy atom. The van der Waals surface area contributed by atoms with Crippen LogP contribution in [0.25, 0.3) is 11.0 Å². The van der Waals surface area contributed by atoms with Crippen LogP contribution in [0.3, 0.4) is 0 Å². The number of anilines is 1. The summed E-state index contributed by atoms with van der Waals surface area (Å²) in [6, 6.07) is 16.9. The van der Waals surface area contributed by atoms with Gasteiger partial charge < -0.3 is 4.74 Å². The lowest BCUT2D eigenvalue weighted by Crippen LogP contribution is -2.43. The van der Waals surface area contributed by atoms with E-state index in [0.717, 1.165) is 5.56 Å². The van der Waals surface area contributed by atoms with E-state index in [-0.39, 0.29) is 24.1 Å². The highest BCUT2D eigenvalue weighted by Gasteiger charge is 2.33. The van der Waals surface area contributed by atoms with E-state index in [9.17, 15) is 9.59 Å². The van der Waals surface area contributed by atoms with Crippen LogP contribution in [-0.4, -0.2) is 31.8 Å². The zero-order valence-corrected chi connectivity index (χ0v) is 16.3. The Kier molecular flexibility index (Phi) is 4.31. The maximum absolute atomic E-state index is 13.5. The van der Waals surface area contributed by atoms with Crippen molar-refractivity contribution in [2.75, 3.05) is 11.5 Å². The van der Waals surface area contributed by atoms with Crippen molar-refractivity contribution in [2.24, 2.45) is 7.05 Å². The van der Waals surface area contributed by atoms with Gasteiger partial charge in [-0.1, -0.05) is 42.5 Å². The number of para-hydroxylation sites is 2. The molecular weight excluding hydrogens is 382 g/mol. The van der Waals surface area contributed by atoms with E-state index in [1.807, 2.05) is 54.6 Å². The molecule has 30 heavy (non-hydrogen) atoms. The SMILES string of the molecule is Cn1ncc2c(=O)n(CC(=O)N3c4ccccc4OCC3c3ccccc3)cnc21. The molecule has 1 atom stereocenters. The molecule has 1 unspecified atom stereocenters. The van der Waals surface area contributed by atoms with Crippen molar-refractivity contribution in [3.63, 3.8) is 0 Å². The van der Waals surface area contributed by atoms with E-state index in [1.165, 1.54) is 21.8 Å². The highest BCUT2D eigenvalue weighted by molar-refractivity contribution is 5.96. The minimum absolute atomic E-state index is 0.131. The summed E-state index contributed by atoms with van der Waals surface area (Å²) in [5.41, 5.74) is 1.85. The van der Waals surface area contributed by atoms with Crippen LogP contribution in [0.2, 0.25) is 0 Å². The molecule has 1 amide bonds. The molecule has 0 fully saturated rings. The normalized spacial score (nSPS) is 15.6. The molecule has 0 N–H and O–H groups in total. The Labute approximate surface area is 171 Å². The number of hydrogen-bond donors (Lipinski definition) is 0. The average molecular weight is 401 g/mol. The van der Waals surface area contributed by atoms with Crippen molar-refractivity contribution in [3.8, 4) is 5.75 Å². The van der Waals surface area contributed by atoms with Gasteiger partial charge in [0.15, 0.2) is 5.65 Å². The second-order valence-corrected chi connectivity index (χ2v) is 7.15. The van der Waals surface area contributed by atoms with E-state index in [2.05, 4.69) is 10.1 Å². The maximum Gasteiger partial charge on any atom is 0.264 e. The number of amides is 1. The summed E-state index contributed by atoms with van der Waals surface area (Å²) in [5.74, 6) is 0.429.